The summed E-state index contributed by atoms with van der Waals surface area (Å²) in [6.07, 6.45) is 0. The zero-order chi connectivity index (χ0) is 23.4. The summed E-state index contributed by atoms with van der Waals surface area (Å²) in [7, 11) is -3.73. The molecule has 1 fully saturated rings. The number of sulfonamides is 1. The SMILES string of the molecule is O=C(COn1nnc2ccc(S(=O)(=O)N3CCOCC3)cc21)Nc1ccc(SC(F)F)cc1. The number of nitrogens with one attached hydrogen (secondary N) is 1. The number of halogens is 2. The number of morpholine rings is 1. The van der Waals surface area contributed by atoms with Gasteiger partial charge < -0.3 is 14.9 Å². The van der Waals surface area contributed by atoms with E-state index in [4.69, 9.17) is 9.57 Å². The van der Waals surface area contributed by atoms with Crippen molar-refractivity contribution in [1.82, 2.24) is 19.5 Å². The molecule has 0 unspecified atom stereocenters. The maximum Gasteiger partial charge on any atom is 0.288 e. The molecule has 2 aromatic carbocycles. The second kappa shape index (κ2) is 9.99. The second-order valence-electron chi connectivity index (χ2n) is 6.85. The Hall–Kier alpha value is -2.81. The lowest BCUT2D eigenvalue weighted by Crippen LogP contribution is -2.40. The Kier molecular flexibility index (Phi) is 7.07. The van der Waals surface area contributed by atoms with Crippen LogP contribution >= 0.6 is 11.8 Å². The highest BCUT2D eigenvalue weighted by atomic mass is 32.2. The van der Waals surface area contributed by atoms with E-state index < -0.39 is 28.3 Å². The van der Waals surface area contributed by atoms with E-state index in [-0.39, 0.29) is 23.5 Å². The highest BCUT2D eigenvalue weighted by molar-refractivity contribution is 7.99. The van der Waals surface area contributed by atoms with Crippen LogP contribution in [-0.2, 0) is 19.6 Å². The van der Waals surface area contributed by atoms with Gasteiger partial charge in [0, 0.05) is 23.7 Å². The summed E-state index contributed by atoms with van der Waals surface area (Å²) in [5.74, 6) is -3.05. The molecule has 1 amide bonds. The number of amides is 1. The van der Waals surface area contributed by atoms with Gasteiger partial charge in [0.1, 0.15) is 11.0 Å². The number of fused-ring (bicyclic) bond motifs is 1. The van der Waals surface area contributed by atoms with Crippen molar-refractivity contribution in [3.8, 4) is 0 Å². The molecule has 4 rings (SSSR count). The fourth-order valence-corrected chi connectivity index (χ4v) is 5.03. The van der Waals surface area contributed by atoms with E-state index in [1.165, 1.54) is 46.8 Å². The van der Waals surface area contributed by atoms with Crippen molar-refractivity contribution in [1.29, 1.82) is 0 Å². The van der Waals surface area contributed by atoms with Crippen LogP contribution in [-0.4, -0.2) is 72.5 Å². The largest absolute Gasteiger partial charge is 0.385 e. The smallest absolute Gasteiger partial charge is 0.288 e. The first kappa shape index (κ1) is 23.4. The summed E-state index contributed by atoms with van der Waals surface area (Å²) in [6.45, 7) is 0.735. The number of hydrogen-bond acceptors (Lipinski definition) is 8. The van der Waals surface area contributed by atoms with Crippen LogP contribution in [0.25, 0.3) is 11.0 Å². The zero-order valence-corrected chi connectivity index (χ0v) is 18.7. The number of hydrogen-bond donors (Lipinski definition) is 1. The zero-order valence-electron chi connectivity index (χ0n) is 17.1. The molecule has 176 valence electrons. The molecule has 1 aliphatic heterocycles. The van der Waals surface area contributed by atoms with Gasteiger partial charge in [0.15, 0.2) is 6.61 Å². The Morgan fingerprint density at radius 3 is 2.61 bits per heavy atom. The van der Waals surface area contributed by atoms with Gasteiger partial charge in [-0.05, 0) is 47.7 Å². The van der Waals surface area contributed by atoms with Gasteiger partial charge in [0.25, 0.3) is 11.7 Å². The third-order valence-electron chi connectivity index (χ3n) is 4.68. The van der Waals surface area contributed by atoms with E-state index in [1.54, 1.807) is 0 Å². The van der Waals surface area contributed by atoms with E-state index in [0.717, 1.165) is 4.85 Å². The summed E-state index contributed by atoms with van der Waals surface area (Å²) in [6, 6.07) is 10.3. The number of carbonyl (C=O) groups excluding carboxylic acids is 1. The number of nitrogens with zero attached hydrogens (tertiary/aromatic N) is 4. The van der Waals surface area contributed by atoms with Gasteiger partial charge in [-0.15, -0.1) is 5.10 Å². The lowest BCUT2D eigenvalue weighted by Gasteiger charge is -2.26. The van der Waals surface area contributed by atoms with Gasteiger partial charge in [-0.1, -0.05) is 16.6 Å². The van der Waals surface area contributed by atoms with Gasteiger partial charge in [0.2, 0.25) is 10.0 Å². The molecule has 0 radical (unpaired) electrons. The number of rotatable bonds is 8. The number of aromatic nitrogens is 3. The summed E-state index contributed by atoms with van der Waals surface area (Å²) >= 11 is 0.406. The molecule has 33 heavy (non-hydrogen) atoms. The van der Waals surface area contributed by atoms with Crippen LogP contribution in [0.1, 0.15) is 0 Å². The molecule has 0 aliphatic carbocycles. The lowest BCUT2D eigenvalue weighted by atomic mass is 10.3. The van der Waals surface area contributed by atoms with E-state index in [9.17, 15) is 22.0 Å². The van der Waals surface area contributed by atoms with Crippen molar-refractivity contribution < 1.29 is 31.6 Å². The molecule has 14 heteroatoms. The maximum absolute atomic E-state index is 12.9. The molecule has 0 bridgehead atoms. The van der Waals surface area contributed by atoms with Crippen molar-refractivity contribution in [2.45, 2.75) is 15.5 Å². The maximum atomic E-state index is 12.9. The Bertz CT molecular complexity index is 1230. The molecule has 2 heterocycles. The first-order chi connectivity index (χ1) is 15.8. The highest BCUT2D eigenvalue weighted by Gasteiger charge is 2.27. The molecule has 0 spiro atoms. The van der Waals surface area contributed by atoms with Gasteiger partial charge in [-0.2, -0.15) is 13.1 Å². The Morgan fingerprint density at radius 1 is 1.18 bits per heavy atom. The van der Waals surface area contributed by atoms with Crippen LogP contribution in [0.15, 0.2) is 52.3 Å². The van der Waals surface area contributed by atoms with E-state index in [2.05, 4.69) is 15.6 Å². The van der Waals surface area contributed by atoms with Gasteiger partial charge in [-0.25, -0.2) is 8.42 Å². The molecule has 1 N–H and O–H groups in total. The second-order valence-corrected chi connectivity index (χ2v) is 9.86. The van der Waals surface area contributed by atoms with Gasteiger partial charge >= 0.3 is 0 Å². The minimum absolute atomic E-state index is 0.0512. The van der Waals surface area contributed by atoms with Gasteiger partial charge in [-0.3, -0.25) is 4.79 Å². The Morgan fingerprint density at radius 2 is 1.91 bits per heavy atom. The number of thioether (sulfide) groups is 1. The molecule has 3 aromatic rings. The lowest BCUT2D eigenvalue weighted by molar-refractivity contribution is -0.121. The number of anilines is 1. The average molecular weight is 500 g/mol. The monoisotopic (exact) mass is 499 g/mol. The fourth-order valence-electron chi connectivity index (χ4n) is 3.11. The van der Waals surface area contributed by atoms with E-state index >= 15 is 0 Å². The van der Waals surface area contributed by atoms with Crippen molar-refractivity contribution in [2.75, 3.05) is 38.2 Å². The molecule has 10 nitrogen and oxygen atoms in total. The van der Waals surface area contributed by atoms with Crippen molar-refractivity contribution in [2.24, 2.45) is 0 Å². The van der Waals surface area contributed by atoms with E-state index in [1.807, 2.05) is 0 Å². The molecule has 1 aromatic heterocycles. The Balaban J connectivity index is 1.42. The van der Waals surface area contributed by atoms with Crippen LogP contribution in [0.2, 0.25) is 0 Å². The summed E-state index contributed by atoms with van der Waals surface area (Å²) in [5.41, 5.74) is 1.08. The van der Waals surface area contributed by atoms with Crippen molar-refractivity contribution >= 4 is 44.4 Å². The third kappa shape index (κ3) is 5.58. The first-order valence-corrected chi connectivity index (χ1v) is 12.1. The molecule has 1 saturated heterocycles. The van der Waals surface area contributed by atoms with Gasteiger partial charge in [0.05, 0.1) is 18.1 Å². The normalized spacial score (nSPS) is 15.1. The number of alkyl halides is 2. The molecule has 0 saturated carbocycles. The molecular formula is C19H19F2N5O5S2. The van der Waals surface area contributed by atoms with Crippen molar-refractivity contribution in [3.63, 3.8) is 0 Å². The molecular weight excluding hydrogens is 480 g/mol. The standard InChI is InChI=1S/C19H19F2N5O5S2/c20-19(21)32-14-3-1-13(2-4-14)22-18(27)12-31-26-17-11-15(5-6-16(17)23-24-26)33(28,29)25-7-9-30-10-8-25/h1-6,11,19H,7-10,12H2,(H,22,27). The number of ether oxygens (including phenoxy) is 1. The number of carbonyl (C=O) groups is 1. The Labute approximate surface area is 191 Å². The predicted molar refractivity (Wildman–Crippen MR) is 115 cm³/mol. The van der Waals surface area contributed by atoms with Crippen LogP contribution in [0, 0.1) is 0 Å². The van der Waals surface area contributed by atoms with Crippen LogP contribution < -0.4 is 10.2 Å². The van der Waals surface area contributed by atoms with Crippen LogP contribution in [0.5, 0.6) is 0 Å². The molecule has 1 aliphatic rings. The highest BCUT2D eigenvalue weighted by Crippen LogP contribution is 2.26. The summed E-state index contributed by atoms with van der Waals surface area (Å²) in [4.78, 5) is 19.0. The summed E-state index contributed by atoms with van der Waals surface area (Å²) < 4.78 is 57.1. The third-order valence-corrected chi connectivity index (χ3v) is 7.29. The minimum atomic E-state index is -3.73. The predicted octanol–water partition coefficient (Wildman–Crippen LogP) is 1.83. The fraction of sp³-hybridized carbons (Fsp3) is 0.316. The minimum Gasteiger partial charge on any atom is -0.385 e. The average Bonchev–Trinajstić information content (AvgIpc) is 3.21. The molecule has 0 atom stereocenters. The van der Waals surface area contributed by atoms with Crippen LogP contribution in [0.4, 0.5) is 14.5 Å². The summed E-state index contributed by atoms with van der Waals surface area (Å²) in [5, 5.41) is 10.3. The first-order valence-electron chi connectivity index (χ1n) is 9.74. The van der Waals surface area contributed by atoms with Crippen molar-refractivity contribution in [3.05, 3.63) is 42.5 Å². The van der Waals surface area contributed by atoms with Crippen LogP contribution in [0.3, 0.4) is 0 Å². The van der Waals surface area contributed by atoms with E-state index in [0.29, 0.717) is 41.1 Å². The quantitative estimate of drug-likeness (QED) is 0.467. The number of benzene rings is 2. The topological polar surface area (TPSA) is 116 Å².